The predicted molar refractivity (Wildman–Crippen MR) is 90.9 cm³/mol. The zero-order valence-electron chi connectivity index (χ0n) is 20.9. The summed E-state index contributed by atoms with van der Waals surface area (Å²) < 4.78 is 363. The SMILES string of the molecule is C=C(CC)C(=O)OC(F)(F)C(F)(F)C(F)(F)C(F)(F)C(F)(F)C(F)(F)C(F)(F)C(F)(F)C(F)(F)C(F)(F)C(F)(F)C(F)(F)C(F)(F)F. The van der Waals surface area contributed by atoms with Crippen molar-refractivity contribution in [3.63, 3.8) is 0 Å². The normalized spacial score (nSPS) is 16.3. The van der Waals surface area contributed by atoms with E-state index in [1.165, 1.54) is 0 Å². The molecule has 0 radical (unpaired) electrons. The molecular weight excluding hydrogens is 761 g/mol. The van der Waals surface area contributed by atoms with Crippen LogP contribution in [0.5, 0.6) is 0 Å². The summed E-state index contributed by atoms with van der Waals surface area (Å²) in [5, 5.41) is 0. The highest BCUT2D eigenvalue weighted by atomic mass is 19.4. The molecule has 2 nitrogen and oxygen atoms in total. The van der Waals surface area contributed by atoms with Crippen molar-refractivity contribution in [3.8, 4) is 0 Å². The lowest BCUT2D eigenvalue weighted by molar-refractivity contribution is -0.489. The van der Waals surface area contributed by atoms with Gasteiger partial charge in [-0.1, -0.05) is 13.5 Å². The van der Waals surface area contributed by atoms with Gasteiger partial charge >= 0.3 is 83.4 Å². The molecule has 0 saturated heterocycles. The van der Waals surface area contributed by atoms with E-state index in [4.69, 9.17) is 0 Å². The van der Waals surface area contributed by atoms with Crippen LogP contribution in [-0.4, -0.2) is 83.4 Å². The number of carbonyl (C=O) groups is 1. The van der Waals surface area contributed by atoms with E-state index in [1.807, 2.05) is 0 Å². The maximum absolute atomic E-state index is 13.8. The van der Waals surface area contributed by atoms with Gasteiger partial charge in [0.05, 0.1) is 0 Å². The predicted octanol–water partition coefficient (Wildman–Crippen LogP) is 9.64. The standard InChI is InChI=1S/C18H7F27O2/c1-3-4(2)5(46)47-18(44,45)16(39,40)14(35,36)12(31,32)10(27,28)8(23,24)6(19,20)7(21,22)9(25,26)11(29,30)13(33,34)15(37,38)17(41,42)43/h2-3H2,1H3. The lowest BCUT2D eigenvalue weighted by Crippen LogP contribution is -2.78. The van der Waals surface area contributed by atoms with Crippen molar-refractivity contribution in [1.29, 1.82) is 0 Å². The maximum Gasteiger partial charge on any atom is 0.473 e. The van der Waals surface area contributed by atoms with Crippen molar-refractivity contribution in [2.75, 3.05) is 0 Å². The molecule has 47 heavy (non-hydrogen) atoms. The van der Waals surface area contributed by atoms with Crippen LogP contribution in [-0.2, 0) is 9.53 Å². The molecule has 0 unspecified atom stereocenters. The second kappa shape index (κ2) is 11.2. The Balaban J connectivity index is 7.42. The first-order valence-electron chi connectivity index (χ1n) is 10.4. The molecule has 0 atom stereocenters. The van der Waals surface area contributed by atoms with Gasteiger partial charge in [0.1, 0.15) is 0 Å². The van der Waals surface area contributed by atoms with E-state index in [0.29, 0.717) is 6.92 Å². The maximum atomic E-state index is 13.8. The molecule has 0 aliphatic carbocycles. The van der Waals surface area contributed by atoms with Gasteiger partial charge in [-0.25, -0.2) is 4.79 Å². The van der Waals surface area contributed by atoms with Crippen LogP contribution < -0.4 is 0 Å². The lowest BCUT2D eigenvalue weighted by Gasteiger charge is -2.45. The molecule has 0 spiro atoms. The lowest BCUT2D eigenvalue weighted by atomic mass is 9.84. The van der Waals surface area contributed by atoms with Gasteiger partial charge in [-0.15, -0.1) is 0 Å². The van der Waals surface area contributed by atoms with Crippen LogP contribution >= 0.6 is 0 Å². The minimum Gasteiger partial charge on any atom is -0.393 e. The zero-order valence-corrected chi connectivity index (χ0v) is 20.9. The number of ether oxygens (including phenoxy) is 1. The van der Waals surface area contributed by atoms with Gasteiger partial charge in [-0.2, -0.15) is 119 Å². The molecule has 0 aliphatic rings. The zero-order chi connectivity index (χ0) is 39.1. The van der Waals surface area contributed by atoms with Gasteiger partial charge in [-0.3, -0.25) is 0 Å². The molecule has 0 fully saturated rings. The molecule has 0 aromatic carbocycles. The minimum absolute atomic E-state index is 0.712. The van der Waals surface area contributed by atoms with Crippen LogP contribution in [0.15, 0.2) is 12.2 Å². The number of alkyl halides is 27. The Morgan fingerprint density at radius 1 is 0.404 bits per heavy atom. The quantitative estimate of drug-likeness (QED) is 0.100. The number of esters is 1. The average Bonchev–Trinajstić information content (AvgIpc) is 2.85. The van der Waals surface area contributed by atoms with Gasteiger partial charge in [-0.05, 0) is 6.42 Å². The summed E-state index contributed by atoms with van der Waals surface area (Å²) in [5.74, 6) is -107. The molecule has 0 saturated carbocycles. The summed E-state index contributed by atoms with van der Waals surface area (Å²) >= 11 is 0. The molecule has 0 aromatic rings. The number of hydrogen-bond donors (Lipinski definition) is 0. The number of halogens is 27. The van der Waals surface area contributed by atoms with Crippen LogP contribution in [0.2, 0.25) is 0 Å². The second-order valence-corrected chi connectivity index (χ2v) is 8.68. The summed E-state index contributed by atoms with van der Waals surface area (Å²) in [5.41, 5.74) is -1.47. The highest BCUT2D eigenvalue weighted by Gasteiger charge is 3.00. The van der Waals surface area contributed by atoms with Crippen LogP contribution in [0, 0.1) is 0 Å². The summed E-state index contributed by atoms with van der Waals surface area (Å²) in [6.07, 6.45) is -16.9. The van der Waals surface area contributed by atoms with E-state index in [0.717, 1.165) is 0 Å². The highest BCUT2D eigenvalue weighted by molar-refractivity contribution is 5.87. The van der Waals surface area contributed by atoms with Crippen LogP contribution in [0.4, 0.5) is 119 Å². The van der Waals surface area contributed by atoms with Gasteiger partial charge < -0.3 is 4.74 Å². The number of carbonyl (C=O) groups excluding carboxylic acids is 1. The Kier molecular flexibility index (Phi) is 10.5. The van der Waals surface area contributed by atoms with Crippen molar-refractivity contribution in [2.24, 2.45) is 0 Å². The Morgan fingerprint density at radius 3 is 0.787 bits per heavy atom. The molecule has 0 rings (SSSR count). The van der Waals surface area contributed by atoms with E-state index in [-0.39, 0.29) is 0 Å². The molecule has 0 amide bonds. The Bertz CT molecular complexity index is 1190. The van der Waals surface area contributed by atoms with Crippen LogP contribution in [0.1, 0.15) is 13.3 Å². The average molecular weight is 768 g/mol. The molecule has 0 N–H and O–H groups in total. The van der Waals surface area contributed by atoms with Crippen molar-refractivity contribution in [3.05, 3.63) is 12.2 Å². The van der Waals surface area contributed by atoms with Gasteiger partial charge in [0.2, 0.25) is 0 Å². The highest BCUT2D eigenvalue weighted by Crippen LogP contribution is 2.68. The van der Waals surface area contributed by atoms with E-state index in [9.17, 15) is 123 Å². The largest absolute Gasteiger partial charge is 0.473 e. The molecule has 29 heteroatoms. The van der Waals surface area contributed by atoms with E-state index >= 15 is 0 Å². The minimum atomic E-state index is -9.84. The Morgan fingerprint density at radius 2 is 0.596 bits per heavy atom. The monoisotopic (exact) mass is 768 g/mol. The van der Waals surface area contributed by atoms with E-state index in [1.54, 1.807) is 0 Å². The summed E-state index contributed by atoms with van der Waals surface area (Å²) in [7, 11) is 0. The van der Waals surface area contributed by atoms with Crippen molar-refractivity contribution in [2.45, 2.75) is 90.8 Å². The van der Waals surface area contributed by atoms with Gasteiger partial charge in [0.25, 0.3) is 0 Å². The fraction of sp³-hybridized carbons (Fsp3) is 0.833. The summed E-state index contributed by atoms with van der Waals surface area (Å²) in [6, 6.07) is 0. The third-order valence-electron chi connectivity index (χ3n) is 5.60. The summed E-state index contributed by atoms with van der Waals surface area (Å²) in [6.45, 7) is 3.14. The van der Waals surface area contributed by atoms with Crippen LogP contribution in [0.3, 0.4) is 0 Å². The first kappa shape index (κ1) is 44.3. The fourth-order valence-corrected chi connectivity index (χ4v) is 2.53. The first-order valence-corrected chi connectivity index (χ1v) is 10.4. The molecule has 0 aromatic heterocycles. The van der Waals surface area contributed by atoms with Crippen molar-refractivity contribution >= 4 is 5.97 Å². The number of rotatable bonds is 14. The van der Waals surface area contributed by atoms with Crippen molar-refractivity contribution < 1.29 is 128 Å². The molecule has 0 heterocycles. The molecular formula is C18H7F27O2. The molecule has 280 valence electrons. The van der Waals surface area contributed by atoms with Gasteiger partial charge in [0, 0.05) is 5.57 Å². The third kappa shape index (κ3) is 5.47. The Hall–Kier alpha value is -2.68. The van der Waals surface area contributed by atoms with E-state index in [2.05, 4.69) is 11.3 Å². The van der Waals surface area contributed by atoms with Crippen LogP contribution in [0.25, 0.3) is 0 Å². The van der Waals surface area contributed by atoms with Crippen molar-refractivity contribution in [1.82, 2.24) is 0 Å². The second-order valence-electron chi connectivity index (χ2n) is 8.68. The van der Waals surface area contributed by atoms with E-state index < -0.39 is 95.4 Å². The fourth-order valence-electron chi connectivity index (χ4n) is 2.53. The number of hydrogen-bond acceptors (Lipinski definition) is 2. The first-order chi connectivity index (χ1) is 19.9. The molecule has 0 aliphatic heterocycles. The van der Waals surface area contributed by atoms with Gasteiger partial charge in [0.15, 0.2) is 0 Å². The molecule has 0 bridgehead atoms. The Labute approximate surface area is 238 Å². The third-order valence-corrected chi connectivity index (χ3v) is 5.60. The topological polar surface area (TPSA) is 26.3 Å². The summed E-state index contributed by atoms with van der Waals surface area (Å²) in [4.78, 5) is 11.1. The smallest absolute Gasteiger partial charge is 0.393 e.